The van der Waals surface area contributed by atoms with Gasteiger partial charge in [0.15, 0.2) is 0 Å². The van der Waals surface area contributed by atoms with E-state index in [0.717, 1.165) is 30.8 Å². The Morgan fingerprint density at radius 1 is 1.19 bits per heavy atom. The molecule has 0 radical (unpaired) electrons. The van der Waals surface area contributed by atoms with E-state index in [9.17, 15) is 0 Å². The number of rotatable bonds is 4. The Morgan fingerprint density at radius 2 is 1.95 bits per heavy atom. The minimum absolute atomic E-state index is 0.409. The van der Waals surface area contributed by atoms with Crippen LogP contribution in [-0.2, 0) is 19.4 Å². The molecule has 3 rings (SSSR count). The molecule has 3 N–H and O–H groups in total. The van der Waals surface area contributed by atoms with Crippen molar-refractivity contribution in [3.8, 4) is 0 Å². The van der Waals surface area contributed by atoms with Gasteiger partial charge in [0, 0.05) is 12.2 Å². The van der Waals surface area contributed by atoms with E-state index in [2.05, 4.69) is 23.5 Å². The maximum Gasteiger partial charge on any atom is 0.136 e. The largest absolute Gasteiger partial charge is 0.389 e. The molecule has 21 heavy (non-hydrogen) atoms. The van der Waals surface area contributed by atoms with Crippen LogP contribution in [0.1, 0.15) is 35.2 Å². The summed E-state index contributed by atoms with van der Waals surface area (Å²) in [4.78, 5) is 5.18. The molecule has 0 saturated heterocycles. The number of aryl methyl sites for hydroxylation is 2. The molecule has 0 aliphatic heterocycles. The van der Waals surface area contributed by atoms with Gasteiger partial charge in [-0.1, -0.05) is 42.5 Å². The molecule has 4 heteroatoms. The van der Waals surface area contributed by atoms with Gasteiger partial charge in [-0.3, -0.25) is 0 Å². The van der Waals surface area contributed by atoms with Crippen molar-refractivity contribution in [1.29, 1.82) is 0 Å². The van der Waals surface area contributed by atoms with Crippen molar-refractivity contribution in [2.75, 3.05) is 5.32 Å². The molecular formula is C17H19N3S. The lowest BCUT2D eigenvalue weighted by Crippen LogP contribution is -2.18. The molecule has 108 valence electrons. The summed E-state index contributed by atoms with van der Waals surface area (Å²) in [5.41, 5.74) is 10.4. The van der Waals surface area contributed by atoms with Crippen molar-refractivity contribution in [3.63, 3.8) is 0 Å². The van der Waals surface area contributed by atoms with Crippen LogP contribution in [0, 0.1) is 0 Å². The van der Waals surface area contributed by atoms with Gasteiger partial charge in [0.2, 0.25) is 0 Å². The highest BCUT2D eigenvalue weighted by Gasteiger charge is 2.16. The second kappa shape index (κ2) is 6.22. The molecule has 0 amide bonds. The standard InChI is InChI=1S/C17H19N3S/c18-16(21)14-10-13-8-4-5-9-15(13)20-17(14)19-11-12-6-2-1-3-7-12/h1-3,6-7,10H,4-5,8-9,11H2,(H2,18,21)(H,19,20). The highest BCUT2D eigenvalue weighted by atomic mass is 32.1. The van der Waals surface area contributed by atoms with Gasteiger partial charge in [-0.25, -0.2) is 4.98 Å². The van der Waals surface area contributed by atoms with Crippen molar-refractivity contribution in [1.82, 2.24) is 4.98 Å². The smallest absolute Gasteiger partial charge is 0.136 e. The van der Waals surface area contributed by atoms with Crippen molar-refractivity contribution in [3.05, 3.63) is 58.8 Å². The van der Waals surface area contributed by atoms with Crippen LogP contribution in [0.3, 0.4) is 0 Å². The first-order valence-corrected chi connectivity index (χ1v) is 7.75. The average molecular weight is 297 g/mol. The number of nitrogens with two attached hydrogens (primary N) is 1. The van der Waals surface area contributed by atoms with Gasteiger partial charge >= 0.3 is 0 Å². The Balaban J connectivity index is 1.87. The summed E-state index contributed by atoms with van der Waals surface area (Å²) >= 11 is 5.18. The molecule has 1 heterocycles. The van der Waals surface area contributed by atoms with Crippen LogP contribution in [0.5, 0.6) is 0 Å². The van der Waals surface area contributed by atoms with E-state index >= 15 is 0 Å². The molecule has 2 aromatic rings. The van der Waals surface area contributed by atoms with E-state index < -0.39 is 0 Å². The van der Waals surface area contributed by atoms with Crippen LogP contribution in [0.2, 0.25) is 0 Å². The first kappa shape index (κ1) is 14.0. The molecule has 0 saturated carbocycles. The molecule has 1 aromatic heterocycles. The number of anilines is 1. The highest BCUT2D eigenvalue weighted by Crippen LogP contribution is 2.25. The van der Waals surface area contributed by atoms with Gasteiger partial charge in [-0.15, -0.1) is 0 Å². The average Bonchev–Trinajstić information content (AvgIpc) is 2.53. The quantitative estimate of drug-likeness (QED) is 0.851. The minimum Gasteiger partial charge on any atom is -0.389 e. The summed E-state index contributed by atoms with van der Waals surface area (Å²) in [5, 5.41) is 3.38. The first-order valence-electron chi connectivity index (χ1n) is 7.34. The Morgan fingerprint density at radius 3 is 2.71 bits per heavy atom. The molecule has 1 aromatic carbocycles. The van der Waals surface area contributed by atoms with E-state index in [-0.39, 0.29) is 0 Å². The third-order valence-electron chi connectivity index (χ3n) is 3.87. The summed E-state index contributed by atoms with van der Waals surface area (Å²) in [6, 6.07) is 12.4. The lowest BCUT2D eigenvalue weighted by molar-refractivity contribution is 0.668. The summed E-state index contributed by atoms with van der Waals surface area (Å²) in [6.07, 6.45) is 4.57. The third kappa shape index (κ3) is 3.22. The topological polar surface area (TPSA) is 50.9 Å². The number of thiocarbonyl (C=S) groups is 1. The van der Waals surface area contributed by atoms with Crippen LogP contribution >= 0.6 is 12.2 Å². The molecule has 3 nitrogen and oxygen atoms in total. The normalized spacial score (nSPS) is 13.5. The molecule has 1 aliphatic rings. The van der Waals surface area contributed by atoms with Crippen LogP contribution in [0.25, 0.3) is 0 Å². The van der Waals surface area contributed by atoms with E-state index in [0.29, 0.717) is 4.99 Å². The van der Waals surface area contributed by atoms with Gasteiger partial charge in [0.1, 0.15) is 10.8 Å². The lowest BCUT2D eigenvalue weighted by Gasteiger charge is -2.19. The van der Waals surface area contributed by atoms with Crippen molar-refractivity contribution >= 4 is 23.0 Å². The first-order chi connectivity index (χ1) is 10.2. The minimum atomic E-state index is 0.409. The number of nitrogens with zero attached hydrogens (tertiary/aromatic N) is 1. The Hall–Kier alpha value is -1.94. The predicted molar refractivity (Wildman–Crippen MR) is 90.5 cm³/mol. The van der Waals surface area contributed by atoms with E-state index in [1.807, 2.05) is 18.2 Å². The van der Waals surface area contributed by atoms with E-state index in [1.54, 1.807) is 0 Å². The summed E-state index contributed by atoms with van der Waals surface area (Å²) in [6.45, 7) is 0.724. The van der Waals surface area contributed by atoms with Gasteiger partial charge in [0.25, 0.3) is 0 Å². The molecular weight excluding hydrogens is 278 g/mol. The Bertz CT molecular complexity index is 653. The van der Waals surface area contributed by atoms with Crippen molar-refractivity contribution in [2.24, 2.45) is 5.73 Å². The van der Waals surface area contributed by atoms with Crippen LogP contribution < -0.4 is 11.1 Å². The Kier molecular flexibility index (Phi) is 4.15. The Labute approximate surface area is 130 Å². The molecule has 0 spiro atoms. The van der Waals surface area contributed by atoms with Crippen molar-refractivity contribution in [2.45, 2.75) is 32.2 Å². The van der Waals surface area contributed by atoms with Crippen LogP contribution in [0.4, 0.5) is 5.82 Å². The van der Waals surface area contributed by atoms with Crippen LogP contribution in [-0.4, -0.2) is 9.97 Å². The van der Waals surface area contributed by atoms with E-state index in [1.165, 1.54) is 29.7 Å². The molecule has 0 atom stereocenters. The number of pyridine rings is 1. The number of nitrogens with one attached hydrogen (secondary N) is 1. The predicted octanol–water partition coefficient (Wildman–Crippen LogP) is 3.21. The second-order valence-corrected chi connectivity index (χ2v) is 5.84. The number of benzene rings is 1. The summed E-state index contributed by atoms with van der Waals surface area (Å²) in [5.74, 6) is 0.812. The fourth-order valence-electron chi connectivity index (χ4n) is 2.74. The maximum atomic E-state index is 5.87. The number of hydrogen-bond acceptors (Lipinski definition) is 3. The number of hydrogen-bond donors (Lipinski definition) is 2. The van der Waals surface area contributed by atoms with Gasteiger partial charge < -0.3 is 11.1 Å². The summed E-state index contributed by atoms with van der Waals surface area (Å²) in [7, 11) is 0. The monoisotopic (exact) mass is 297 g/mol. The molecule has 0 unspecified atom stereocenters. The van der Waals surface area contributed by atoms with Crippen molar-refractivity contribution < 1.29 is 0 Å². The molecule has 0 fully saturated rings. The zero-order valence-electron chi connectivity index (χ0n) is 11.9. The molecule has 0 bridgehead atoms. The van der Waals surface area contributed by atoms with E-state index in [4.69, 9.17) is 22.9 Å². The van der Waals surface area contributed by atoms with Gasteiger partial charge in [0.05, 0.1) is 5.56 Å². The zero-order valence-corrected chi connectivity index (χ0v) is 12.7. The lowest BCUT2D eigenvalue weighted by atomic mass is 9.94. The number of fused-ring (bicyclic) bond motifs is 1. The third-order valence-corrected chi connectivity index (χ3v) is 4.09. The highest BCUT2D eigenvalue weighted by molar-refractivity contribution is 7.80. The summed E-state index contributed by atoms with van der Waals surface area (Å²) < 4.78 is 0. The number of aromatic nitrogens is 1. The SMILES string of the molecule is NC(=S)c1cc2c(nc1NCc1ccccc1)CCCC2. The van der Waals surface area contributed by atoms with Gasteiger partial charge in [-0.05, 0) is 42.9 Å². The fourth-order valence-corrected chi connectivity index (χ4v) is 2.89. The molecule has 1 aliphatic carbocycles. The zero-order chi connectivity index (χ0) is 14.7. The second-order valence-electron chi connectivity index (χ2n) is 5.40. The fraction of sp³-hybridized carbons (Fsp3) is 0.294. The maximum absolute atomic E-state index is 5.87. The van der Waals surface area contributed by atoms with Gasteiger partial charge in [-0.2, -0.15) is 0 Å². The van der Waals surface area contributed by atoms with Crippen LogP contribution in [0.15, 0.2) is 36.4 Å².